The Morgan fingerprint density at radius 2 is 2.10 bits per heavy atom. The number of aromatic nitrogens is 1. The summed E-state index contributed by atoms with van der Waals surface area (Å²) in [5.41, 5.74) is 2.49. The van der Waals surface area contributed by atoms with Gasteiger partial charge in [0.1, 0.15) is 11.6 Å². The number of pyridine rings is 1. The van der Waals surface area contributed by atoms with Crippen LogP contribution in [0.15, 0.2) is 36.4 Å². The van der Waals surface area contributed by atoms with Gasteiger partial charge in [0.2, 0.25) is 0 Å². The lowest BCUT2D eigenvalue weighted by molar-refractivity contribution is -0.386. The summed E-state index contributed by atoms with van der Waals surface area (Å²) in [5.74, 6) is 5.53. The van der Waals surface area contributed by atoms with Crippen LogP contribution in [0.25, 0.3) is 0 Å². The van der Waals surface area contributed by atoms with Gasteiger partial charge in [-0.15, -0.1) is 0 Å². The van der Waals surface area contributed by atoms with Gasteiger partial charge in [-0.3, -0.25) is 10.1 Å². The number of nitrogens with zero attached hydrogens (tertiary/aromatic N) is 2. The van der Waals surface area contributed by atoms with Gasteiger partial charge in [-0.05, 0) is 12.1 Å². The van der Waals surface area contributed by atoms with Crippen LogP contribution >= 0.6 is 0 Å². The first kappa shape index (κ1) is 13.7. The number of nitro groups is 1. The molecule has 2 aromatic rings. The quantitative estimate of drug-likeness (QED) is 0.430. The van der Waals surface area contributed by atoms with Gasteiger partial charge < -0.3 is 15.3 Å². The summed E-state index contributed by atoms with van der Waals surface area (Å²) >= 11 is 0. The minimum atomic E-state index is -0.607. The number of para-hydroxylation sites is 1. The number of benzene rings is 1. The molecule has 4 N–H and O–H groups in total. The van der Waals surface area contributed by atoms with Crippen molar-refractivity contribution in [2.75, 3.05) is 5.43 Å². The standard InChI is InChI=1S/C12H12N4O4/c13-15-11-6-5-9(16(18)19)12(14-11)20-10-4-2-1-3-8(10)7-17/h1-6,17H,7,13H2,(H,14,15). The maximum absolute atomic E-state index is 11.0. The van der Waals surface area contributed by atoms with Gasteiger partial charge in [-0.2, -0.15) is 4.98 Å². The van der Waals surface area contributed by atoms with E-state index >= 15 is 0 Å². The molecule has 104 valence electrons. The second-order valence-corrected chi connectivity index (χ2v) is 3.79. The van der Waals surface area contributed by atoms with E-state index in [4.69, 9.17) is 10.6 Å². The number of hydrogen-bond acceptors (Lipinski definition) is 7. The Morgan fingerprint density at radius 3 is 2.75 bits per heavy atom. The van der Waals surface area contributed by atoms with Crippen LogP contribution in [0.2, 0.25) is 0 Å². The number of aliphatic hydroxyl groups excluding tert-OH is 1. The van der Waals surface area contributed by atoms with Crippen LogP contribution in [0.4, 0.5) is 11.5 Å². The smallest absolute Gasteiger partial charge is 0.331 e. The van der Waals surface area contributed by atoms with Crippen LogP contribution in [-0.2, 0) is 6.61 Å². The lowest BCUT2D eigenvalue weighted by atomic mass is 10.2. The van der Waals surface area contributed by atoms with Crippen molar-refractivity contribution in [3.8, 4) is 11.6 Å². The van der Waals surface area contributed by atoms with E-state index < -0.39 is 4.92 Å². The van der Waals surface area contributed by atoms with Crippen LogP contribution < -0.4 is 16.0 Å². The monoisotopic (exact) mass is 276 g/mol. The molecule has 0 aliphatic carbocycles. The van der Waals surface area contributed by atoms with Crippen LogP contribution in [0.3, 0.4) is 0 Å². The highest BCUT2D eigenvalue weighted by Gasteiger charge is 2.19. The van der Waals surface area contributed by atoms with Crippen molar-refractivity contribution >= 4 is 11.5 Å². The first-order chi connectivity index (χ1) is 9.65. The van der Waals surface area contributed by atoms with Gasteiger partial charge in [0, 0.05) is 11.6 Å². The Morgan fingerprint density at radius 1 is 1.35 bits per heavy atom. The average Bonchev–Trinajstić information content (AvgIpc) is 2.47. The number of nitrogens with one attached hydrogen (secondary N) is 1. The van der Waals surface area contributed by atoms with Crippen molar-refractivity contribution in [2.45, 2.75) is 6.61 Å². The Balaban J connectivity index is 2.43. The Kier molecular flexibility index (Phi) is 4.08. The zero-order chi connectivity index (χ0) is 14.5. The van der Waals surface area contributed by atoms with Crippen LogP contribution in [0, 0.1) is 10.1 Å². The summed E-state index contributed by atoms with van der Waals surface area (Å²) in [6.07, 6.45) is 0. The lowest BCUT2D eigenvalue weighted by Gasteiger charge is -2.09. The van der Waals surface area contributed by atoms with Crippen molar-refractivity contribution in [1.29, 1.82) is 0 Å². The highest BCUT2D eigenvalue weighted by atomic mass is 16.6. The Bertz CT molecular complexity index is 633. The van der Waals surface area contributed by atoms with Gasteiger partial charge in [-0.25, -0.2) is 5.84 Å². The Labute approximate surface area is 113 Å². The maximum atomic E-state index is 11.0. The molecule has 20 heavy (non-hydrogen) atoms. The van der Waals surface area contributed by atoms with Gasteiger partial charge in [0.05, 0.1) is 11.5 Å². The second-order valence-electron chi connectivity index (χ2n) is 3.79. The van der Waals surface area contributed by atoms with Gasteiger partial charge in [0.25, 0.3) is 0 Å². The highest BCUT2D eigenvalue weighted by Crippen LogP contribution is 2.32. The minimum Gasteiger partial charge on any atom is -0.433 e. The minimum absolute atomic E-state index is 0.202. The van der Waals surface area contributed by atoms with Crippen molar-refractivity contribution in [3.63, 3.8) is 0 Å². The van der Waals surface area contributed by atoms with E-state index in [2.05, 4.69) is 10.4 Å². The number of hydrazine groups is 1. The molecule has 8 nitrogen and oxygen atoms in total. The average molecular weight is 276 g/mol. The van der Waals surface area contributed by atoms with E-state index in [1.807, 2.05) is 0 Å². The summed E-state index contributed by atoms with van der Waals surface area (Å²) in [6.45, 7) is -0.251. The van der Waals surface area contributed by atoms with Gasteiger partial charge >= 0.3 is 11.6 Å². The molecule has 8 heteroatoms. The SMILES string of the molecule is NNc1ccc([N+](=O)[O-])c(Oc2ccccc2CO)n1. The van der Waals surface area contributed by atoms with Gasteiger partial charge in [0.15, 0.2) is 0 Å². The predicted octanol–water partition coefficient (Wildman–Crippen LogP) is 1.56. The van der Waals surface area contributed by atoms with E-state index in [-0.39, 0.29) is 24.0 Å². The first-order valence-corrected chi connectivity index (χ1v) is 5.64. The number of hydrogen-bond donors (Lipinski definition) is 3. The molecule has 1 aromatic carbocycles. The number of anilines is 1. The number of nitrogen functional groups attached to an aromatic ring is 1. The molecule has 0 aliphatic rings. The molecule has 0 unspecified atom stereocenters. The number of rotatable bonds is 5. The molecule has 0 saturated heterocycles. The third kappa shape index (κ3) is 2.82. The second kappa shape index (κ2) is 5.95. The topological polar surface area (TPSA) is 124 Å². The van der Waals surface area contributed by atoms with Crippen molar-refractivity contribution in [1.82, 2.24) is 4.98 Å². The molecule has 1 aromatic heterocycles. The van der Waals surface area contributed by atoms with E-state index in [1.165, 1.54) is 12.1 Å². The summed E-state index contributed by atoms with van der Waals surface area (Å²) in [7, 11) is 0. The molecule has 0 saturated carbocycles. The maximum Gasteiger partial charge on any atom is 0.331 e. The molecule has 2 rings (SSSR count). The predicted molar refractivity (Wildman–Crippen MR) is 71.1 cm³/mol. The highest BCUT2D eigenvalue weighted by molar-refractivity contribution is 5.50. The van der Waals surface area contributed by atoms with Crippen molar-refractivity contribution in [3.05, 3.63) is 52.1 Å². The van der Waals surface area contributed by atoms with Crippen molar-refractivity contribution in [2.24, 2.45) is 5.84 Å². The Hall–Kier alpha value is -2.71. The molecular weight excluding hydrogens is 264 g/mol. The lowest BCUT2D eigenvalue weighted by Crippen LogP contribution is -2.09. The molecule has 0 amide bonds. The van der Waals surface area contributed by atoms with Crippen LogP contribution in [0.5, 0.6) is 11.6 Å². The number of ether oxygens (including phenoxy) is 1. The van der Waals surface area contributed by atoms with E-state index in [0.29, 0.717) is 11.3 Å². The normalized spacial score (nSPS) is 10.1. The molecule has 1 heterocycles. The molecular formula is C12H12N4O4. The molecule has 0 atom stereocenters. The fourth-order valence-corrected chi connectivity index (χ4v) is 1.57. The van der Waals surface area contributed by atoms with E-state index in [9.17, 15) is 15.2 Å². The fourth-order valence-electron chi connectivity index (χ4n) is 1.57. The first-order valence-electron chi connectivity index (χ1n) is 5.64. The number of aliphatic hydroxyl groups is 1. The van der Waals surface area contributed by atoms with Crippen LogP contribution in [-0.4, -0.2) is 15.0 Å². The van der Waals surface area contributed by atoms with Gasteiger partial charge in [-0.1, -0.05) is 18.2 Å². The van der Waals surface area contributed by atoms with E-state index in [0.717, 1.165) is 0 Å². The van der Waals surface area contributed by atoms with Crippen LogP contribution in [0.1, 0.15) is 5.56 Å². The molecule has 0 fully saturated rings. The third-order valence-electron chi connectivity index (χ3n) is 2.53. The molecule has 0 radical (unpaired) electrons. The third-order valence-corrected chi connectivity index (χ3v) is 2.53. The number of nitrogens with two attached hydrogens (primary N) is 1. The summed E-state index contributed by atoms with van der Waals surface area (Å²) < 4.78 is 5.43. The zero-order valence-corrected chi connectivity index (χ0v) is 10.3. The van der Waals surface area contributed by atoms with E-state index in [1.54, 1.807) is 24.3 Å². The summed E-state index contributed by atoms with van der Waals surface area (Å²) in [6, 6.07) is 9.23. The summed E-state index contributed by atoms with van der Waals surface area (Å²) in [5, 5.41) is 20.2. The fraction of sp³-hybridized carbons (Fsp3) is 0.0833. The zero-order valence-electron chi connectivity index (χ0n) is 10.3. The largest absolute Gasteiger partial charge is 0.433 e. The van der Waals surface area contributed by atoms with Crippen molar-refractivity contribution < 1.29 is 14.8 Å². The molecule has 0 bridgehead atoms. The molecule has 0 aliphatic heterocycles. The molecule has 0 spiro atoms. The summed E-state index contributed by atoms with van der Waals surface area (Å²) in [4.78, 5) is 14.2.